The molecular formula is C19H21N5O3. The fourth-order valence-electron chi connectivity index (χ4n) is 3.94. The Morgan fingerprint density at radius 1 is 1.07 bits per heavy atom. The van der Waals surface area contributed by atoms with Gasteiger partial charge in [0.15, 0.2) is 0 Å². The summed E-state index contributed by atoms with van der Waals surface area (Å²) >= 11 is 0. The van der Waals surface area contributed by atoms with E-state index in [1.165, 1.54) is 19.5 Å². The number of hydrogen-bond acceptors (Lipinski definition) is 6. The molecule has 0 aliphatic carbocycles. The molecular weight excluding hydrogens is 346 g/mol. The van der Waals surface area contributed by atoms with Gasteiger partial charge in [-0.25, -0.2) is 9.97 Å². The van der Waals surface area contributed by atoms with Crippen LogP contribution in [0.25, 0.3) is 0 Å². The van der Waals surface area contributed by atoms with E-state index in [0.717, 1.165) is 12.8 Å². The summed E-state index contributed by atoms with van der Waals surface area (Å²) in [5.74, 6) is 0.350. The number of fused-ring (bicyclic) bond motifs is 4. The first-order chi connectivity index (χ1) is 13.2. The van der Waals surface area contributed by atoms with Gasteiger partial charge in [-0.1, -0.05) is 0 Å². The highest BCUT2D eigenvalue weighted by Gasteiger charge is 2.39. The second kappa shape index (κ2) is 7.30. The van der Waals surface area contributed by atoms with Crippen molar-refractivity contribution < 1.29 is 14.3 Å². The zero-order chi connectivity index (χ0) is 18.8. The minimum Gasteiger partial charge on any atom is -0.480 e. The van der Waals surface area contributed by atoms with Crippen LogP contribution in [0.2, 0.25) is 0 Å². The van der Waals surface area contributed by atoms with Crippen LogP contribution in [0.1, 0.15) is 33.7 Å². The number of carbonyl (C=O) groups is 2. The minimum atomic E-state index is -0.131. The van der Waals surface area contributed by atoms with E-state index < -0.39 is 0 Å². The first-order valence-electron chi connectivity index (χ1n) is 9.02. The lowest BCUT2D eigenvalue weighted by Gasteiger charge is -2.36. The van der Waals surface area contributed by atoms with Gasteiger partial charge >= 0.3 is 0 Å². The van der Waals surface area contributed by atoms with Gasteiger partial charge in [-0.2, -0.15) is 0 Å². The molecule has 140 valence electrons. The quantitative estimate of drug-likeness (QED) is 0.811. The van der Waals surface area contributed by atoms with E-state index in [4.69, 9.17) is 4.74 Å². The molecule has 0 radical (unpaired) electrons. The summed E-state index contributed by atoms with van der Waals surface area (Å²) in [6, 6.07) is 3.44. The largest absolute Gasteiger partial charge is 0.480 e. The fourth-order valence-corrected chi connectivity index (χ4v) is 3.94. The molecule has 0 saturated carbocycles. The highest BCUT2D eigenvalue weighted by Crippen LogP contribution is 2.31. The Morgan fingerprint density at radius 2 is 1.96 bits per heavy atom. The number of rotatable bonds is 3. The van der Waals surface area contributed by atoms with E-state index in [1.54, 1.807) is 29.4 Å². The maximum Gasteiger partial charge on any atom is 0.274 e. The third-order valence-corrected chi connectivity index (χ3v) is 5.24. The zero-order valence-electron chi connectivity index (χ0n) is 15.1. The predicted molar refractivity (Wildman–Crippen MR) is 96.3 cm³/mol. The molecule has 8 nitrogen and oxygen atoms in total. The van der Waals surface area contributed by atoms with Crippen LogP contribution in [-0.2, 0) is 0 Å². The Balaban J connectivity index is 1.56. The van der Waals surface area contributed by atoms with Crippen molar-refractivity contribution in [1.29, 1.82) is 0 Å². The van der Waals surface area contributed by atoms with Crippen molar-refractivity contribution in [3.05, 3.63) is 48.2 Å². The van der Waals surface area contributed by atoms with E-state index in [9.17, 15) is 9.59 Å². The van der Waals surface area contributed by atoms with Gasteiger partial charge in [0.1, 0.15) is 11.3 Å². The molecule has 2 bridgehead atoms. The van der Waals surface area contributed by atoms with Crippen molar-refractivity contribution in [2.24, 2.45) is 5.92 Å². The van der Waals surface area contributed by atoms with Crippen LogP contribution in [-0.4, -0.2) is 69.4 Å². The number of methoxy groups -OCH3 is 1. The molecule has 5 heterocycles. The Labute approximate surface area is 157 Å². The van der Waals surface area contributed by atoms with E-state index in [0.29, 0.717) is 36.8 Å². The molecule has 2 aromatic heterocycles. The van der Waals surface area contributed by atoms with Crippen molar-refractivity contribution in [2.75, 3.05) is 26.7 Å². The standard InChI is InChI=1S/C19H21N5O3/c1-27-17-15(3-2-6-22-17)18(25)24-11-13-4-5-14(24)12-23(10-13)19(26)16-9-20-7-8-21-16/h2-3,6-9,13-14H,4-5,10-12H2,1H3/t13-,14+/m0/s1. The summed E-state index contributed by atoms with van der Waals surface area (Å²) in [6.07, 6.45) is 8.03. The maximum absolute atomic E-state index is 13.1. The number of carbonyl (C=O) groups excluding carboxylic acids is 2. The summed E-state index contributed by atoms with van der Waals surface area (Å²) in [5.41, 5.74) is 0.796. The van der Waals surface area contributed by atoms with E-state index in [-0.39, 0.29) is 23.8 Å². The van der Waals surface area contributed by atoms with Crippen molar-refractivity contribution >= 4 is 11.8 Å². The predicted octanol–water partition coefficient (Wildman–Crippen LogP) is 1.26. The third kappa shape index (κ3) is 3.34. The monoisotopic (exact) mass is 367 g/mol. The minimum absolute atomic E-state index is 0.0261. The molecule has 3 aliphatic heterocycles. The lowest BCUT2D eigenvalue weighted by Crippen LogP contribution is -2.47. The fraction of sp³-hybridized carbons (Fsp3) is 0.421. The summed E-state index contributed by atoms with van der Waals surface area (Å²) in [6.45, 7) is 1.76. The number of nitrogens with zero attached hydrogens (tertiary/aromatic N) is 5. The summed E-state index contributed by atoms with van der Waals surface area (Å²) in [5, 5.41) is 0. The van der Waals surface area contributed by atoms with Crippen molar-refractivity contribution in [1.82, 2.24) is 24.8 Å². The average molecular weight is 367 g/mol. The SMILES string of the molecule is COc1ncccc1C(=O)N1C[C@H]2CC[C@@H]1CN(C(=O)c1cnccn1)C2. The molecule has 3 aliphatic rings. The molecule has 0 aromatic carbocycles. The lowest BCUT2D eigenvalue weighted by molar-refractivity contribution is 0.0570. The highest BCUT2D eigenvalue weighted by atomic mass is 16.5. The van der Waals surface area contributed by atoms with Gasteiger partial charge in [0.05, 0.1) is 13.3 Å². The van der Waals surface area contributed by atoms with Gasteiger partial charge in [0, 0.05) is 44.3 Å². The van der Waals surface area contributed by atoms with Crippen LogP contribution in [0.4, 0.5) is 0 Å². The summed E-state index contributed by atoms with van der Waals surface area (Å²) < 4.78 is 5.25. The molecule has 27 heavy (non-hydrogen) atoms. The lowest BCUT2D eigenvalue weighted by atomic mass is 9.94. The number of ether oxygens (including phenoxy) is 1. The average Bonchev–Trinajstić information content (AvgIpc) is 3.05. The molecule has 8 heteroatoms. The van der Waals surface area contributed by atoms with Crippen molar-refractivity contribution in [3.63, 3.8) is 0 Å². The molecule has 3 saturated heterocycles. The molecule has 2 aromatic rings. The molecule has 5 rings (SSSR count). The van der Waals surface area contributed by atoms with E-state index in [1.807, 2.05) is 4.90 Å². The molecule has 2 atom stereocenters. The summed E-state index contributed by atoms with van der Waals surface area (Å²) in [4.78, 5) is 41.9. The number of aromatic nitrogens is 3. The van der Waals surface area contributed by atoms with Crippen LogP contribution in [0.5, 0.6) is 5.88 Å². The summed E-state index contributed by atoms with van der Waals surface area (Å²) in [7, 11) is 1.51. The Hall–Kier alpha value is -3.03. The first-order valence-corrected chi connectivity index (χ1v) is 9.02. The van der Waals surface area contributed by atoms with Gasteiger partial charge in [-0.15, -0.1) is 0 Å². The second-order valence-electron chi connectivity index (χ2n) is 6.92. The second-order valence-corrected chi connectivity index (χ2v) is 6.92. The van der Waals surface area contributed by atoms with E-state index >= 15 is 0 Å². The Kier molecular flexibility index (Phi) is 4.70. The highest BCUT2D eigenvalue weighted by molar-refractivity contribution is 5.97. The van der Waals surface area contributed by atoms with Crippen LogP contribution in [0.3, 0.4) is 0 Å². The molecule has 3 fully saturated rings. The van der Waals surface area contributed by atoms with Gasteiger partial charge in [0.2, 0.25) is 5.88 Å². The van der Waals surface area contributed by atoms with Gasteiger partial charge < -0.3 is 14.5 Å². The molecule has 0 unspecified atom stereocenters. The first kappa shape index (κ1) is 17.4. The number of amides is 2. The molecule has 0 N–H and O–H groups in total. The number of hydrogen-bond donors (Lipinski definition) is 0. The van der Waals surface area contributed by atoms with E-state index in [2.05, 4.69) is 15.0 Å². The Bertz CT molecular complexity index is 844. The van der Waals surface area contributed by atoms with Gasteiger partial charge in [-0.05, 0) is 30.9 Å². The van der Waals surface area contributed by atoms with Crippen LogP contribution >= 0.6 is 0 Å². The van der Waals surface area contributed by atoms with Crippen molar-refractivity contribution in [3.8, 4) is 5.88 Å². The van der Waals surface area contributed by atoms with Crippen molar-refractivity contribution in [2.45, 2.75) is 18.9 Å². The number of pyridine rings is 1. The van der Waals surface area contributed by atoms with Gasteiger partial charge in [-0.3, -0.25) is 14.6 Å². The maximum atomic E-state index is 13.1. The smallest absolute Gasteiger partial charge is 0.274 e. The molecule has 2 amide bonds. The van der Waals surface area contributed by atoms with Gasteiger partial charge in [0.25, 0.3) is 11.8 Å². The van der Waals surface area contributed by atoms with Crippen LogP contribution in [0.15, 0.2) is 36.9 Å². The molecule has 0 spiro atoms. The Morgan fingerprint density at radius 3 is 2.74 bits per heavy atom. The number of piperidine rings is 1. The topological polar surface area (TPSA) is 88.5 Å². The normalized spacial score (nSPS) is 21.7. The third-order valence-electron chi connectivity index (χ3n) is 5.24. The zero-order valence-corrected chi connectivity index (χ0v) is 15.1. The van der Waals surface area contributed by atoms with Crippen LogP contribution in [0, 0.1) is 5.92 Å². The van der Waals surface area contributed by atoms with Crippen LogP contribution < -0.4 is 4.74 Å².